The first-order valence-electron chi connectivity index (χ1n) is 12.7. The molecule has 0 aliphatic rings. The number of hydrogen-bond donors (Lipinski definition) is 2. The number of ether oxygens (including phenoxy) is 2. The summed E-state index contributed by atoms with van der Waals surface area (Å²) in [5.41, 5.74) is 2.29. The van der Waals surface area contributed by atoms with E-state index < -0.39 is 41.6 Å². The van der Waals surface area contributed by atoms with E-state index in [0.29, 0.717) is 5.56 Å². The number of carbonyl (C=O) groups is 4. The number of methoxy groups -OCH3 is 1. The minimum absolute atomic E-state index is 0.00378. The molecular formula is C30H39N3O6. The molecule has 0 saturated heterocycles. The quantitative estimate of drug-likeness (QED) is 0.333. The van der Waals surface area contributed by atoms with Gasteiger partial charge in [0, 0.05) is 13.0 Å². The molecule has 0 bridgehead atoms. The van der Waals surface area contributed by atoms with Gasteiger partial charge in [0.1, 0.15) is 24.2 Å². The molecule has 2 rings (SSSR count). The number of nitrogens with zero attached hydrogens (tertiary/aromatic N) is 1. The molecule has 2 aromatic rings. The number of amides is 3. The fourth-order valence-electron chi connectivity index (χ4n) is 3.99. The van der Waals surface area contributed by atoms with E-state index in [1.54, 1.807) is 20.8 Å². The molecule has 3 amide bonds. The third kappa shape index (κ3) is 9.59. The van der Waals surface area contributed by atoms with E-state index in [9.17, 15) is 19.2 Å². The van der Waals surface area contributed by atoms with Gasteiger partial charge in [-0.2, -0.15) is 0 Å². The molecule has 0 aliphatic heterocycles. The highest BCUT2D eigenvalue weighted by atomic mass is 16.6. The molecule has 2 N–H and O–H groups in total. The van der Waals surface area contributed by atoms with Crippen LogP contribution in [0.5, 0.6) is 0 Å². The van der Waals surface area contributed by atoms with Crippen molar-refractivity contribution in [3.63, 3.8) is 0 Å². The average molecular weight is 538 g/mol. The molecule has 0 radical (unpaired) electrons. The first kappa shape index (κ1) is 31.1. The Bertz CT molecular complexity index is 1170. The largest absolute Gasteiger partial charge is 0.468 e. The Hall–Kier alpha value is -4.14. The molecule has 210 valence electrons. The molecule has 39 heavy (non-hydrogen) atoms. The Balaban J connectivity index is 2.56. The van der Waals surface area contributed by atoms with Crippen molar-refractivity contribution in [1.82, 2.24) is 15.5 Å². The zero-order valence-corrected chi connectivity index (χ0v) is 23.6. The number of alkyl carbamates (subject to hydrolysis) is 1. The van der Waals surface area contributed by atoms with Crippen LogP contribution in [0.4, 0.5) is 4.79 Å². The predicted octanol–water partition coefficient (Wildman–Crippen LogP) is 3.78. The third-order valence-electron chi connectivity index (χ3n) is 5.80. The maximum atomic E-state index is 14.2. The van der Waals surface area contributed by atoms with Gasteiger partial charge in [-0.3, -0.25) is 14.4 Å². The summed E-state index contributed by atoms with van der Waals surface area (Å²) in [7, 11) is 1.22. The van der Waals surface area contributed by atoms with Crippen molar-refractivity contribution < 1.29 is 28.7 Å². The fourth-order valence-corrected chi connectivity index (χ4v) is 3.99. The molecule has 9 nitrogen and oxygen atoms in total. The smallest absolute Gasteiger partial charge is 0.408 e. The average Bonchev–Trinajstić information content (AvgIpc) is 2.87. The first-order valence-corrected chi connectivity index (χ1v) is 12.7. The van der Waals surface area contributed by atoms with Gasteiger partial charge in [0.05, 0.1) is 7.11 Å². The van der Waals surface area contributed by atoms with Crippen LogP contribution in [-0.2, 0) is 30.3 Å². The van der Waals surface area contributed by atoms with Crippen LogP contribution in [0.15, 0.2) is 61.2 Å². The van der Waals surface area contributed by atoms with Crippen LogP contribution in [-0.4, -0.2) is 60.6 Å². The lowest BCUT2D eigenvalue weighted by Gasteiger charge is -2.34. The molecule has 0 fully saturated rings. The predicted molar refractivity (Wildman–Crippen MR) is 149 cm³/mol. The molecule has 2 atom stereocenters. The molecule has 0 heterocycles. The van der Waals surface area contributed by atoms with E-state index in [0.717, 1.165) is 16.7 Å². The van der Waals surface area contributed by atoms with Crippen molar-refractivity contribution in [2.75, 3.05) is 20.2 Å². The zero-order valence-electron chi connectivity index (χ0n) is 23.6. The van der Waals surface area contributed by atoms with Crippen molar-refractivity contribution >= 4 is 23.9 Å². The van der Waals surface area contributed by atoms with E-state index >= 15 is 0 Å². The SMILES string of the molecule is C=CCN(C(=O)C(Cc1ccccc1)NC(=O)OC(C)(C)C)C(C(=O)NCC(=O)OC)c1cc(C)ccc1C. The number of aryl methyl sites for hydroxylation is 2. The van der Waals surface area contributed by atoms with Crippen LogP contribution in [0.1, 0.15) is 49.1 Å². The summed E-state index contributed by atoms with van der Waals surface area (Å²) in [5, 5.41) is 5.28. The minimum Gasteiger partial charge on any atom is -0.468 e. The monoisotopic (exact) mass is 537 g/mol. The maximum absolute atomic E-state index is 14.2. The van der Waals surface area contributed by atoms with Crippen LogP contribution in [0.25, 0.3) is 0 Å². The first-order chi connectivity index (χ1) is 18.4. The van der Waals surface area contributed by atoms with Crippen molar-refractivity contribution in [3.8, 4) is 0 Å². The second-order valence-corrected chi connectivity index (χ2v) is 10.2. The number of benzene rings is 2. The second-order valence-electron chi connectivity index (χ2n) is 10.2. The number of nitrogens with one attached hydrogen (secondary N) is 2. The maximum Gasteiger partial charge on any atom is 0.408 e. The number of hydrogen-bond acceptors (Lipinski definition) is 6. The molecule has 2 unspecified atom stereocenters. The van der Waals surface area contributed by atoms with Crippen molar-refractivity contribution in [2.45, 2.75) is 58.7 Å². The molecular weight excluding hydrogens is 498 g/mol. The van der Waals surface area contributed by atoms with Gasteiger partial charge in [-0.1, -0.05) is 60.2 Å². The summed E-state index contributed by atoms with van der Waals surface area (Å²) in [6.07, 6.45) is 0.917. The molecule has 0 aromatic heterocycles. The number of esters is 1. The molecule has 2 aromatic carbocycles. The lowest BCUT2D eigenvalue weighted by molar-refractivity contribution is -0.144. The zero-order chi connectivity index (χ0) is 29.2. The molecule has 0 aliphatic carbocycles. The Morgan fingerprint density at radius 3 is 2.31 bits per heavy atom. The lowest BCUT2D eigenvalue weighted by Crippen LogP contribution is -2.54. The normalized spacial score (nSPS) is 12.5. The Morgan fingerprint density at radius 2 is 1.72 bits per heavy atom. The van der Waals surface area contributed by atoms with Crippen LogP contribution in [0.3, 0.4) is 0 Å². The standard InChI is InChI=1S/C30H39N3O6/c1-8-16-33(26(27(35)31-19-25(34)38-7)23-17-20(2)14-15-21(23)3)28(36)24(18-22-12-10-9-11-13-22)32-29(37)39-30(4,5)6/h8-15,17,24,26H,1,16,18-19H2,2-7H3,(H,31,35)(H,32,37). The van der Waals surface area contributed by atoms with Gasteiger partial charge in [0.25, 0.3) is 0 Å². The fraction of sp³-hybridized carbons (Fsp3) is 0.400. The summed E-state index contributed by atoms with van der Waals surface area (Å²) >= 11 is 0. The summed E-state index contributed by atoms with van der Waals surface area (Å²) < 4.78 is 10.1. The van der Waals surface area contributed by atoms with Crippen LogP contribution in [0, 0.1) is 13.8 Å². The Morgan fingerprint density at radius 1 is 1.05 bits per heavy atom. The van der Waals surface area contributed by atoms with Gasteiger partial charge >= 0.3 is 12.1 Å². The van der Waals surface area contributed by atoms with E-state index in [2.05, 4.69) is 21.9 Å². The van der Waals surface area contributed by atoms with Crippen LogP contribution >= 0.6 is 0 Å². The van der Waals surface area contributed by atoms with Crippen molar-refractivity contribution in [2.24, 2.45) is 0 Å². The van der Waals surface area contributed by atoms with Gasteiger partial charge in [-0.15, -0.1) is 6.58 Å². The minimum atomic E-state index is -1.11. The summed E-state index contributed by atoms with van der Waals surface area (Å²) in [6.45, 7) is 12.3. The van der Waals surface area contributed by atoms with E-state index in [1.807, 2.05) is 62.4 Å². The highest BCUT2D eigenvalue weighted by molar-refractivity contribution is 5.93. The topological polar surface area (TPSA) is 114 Å². The number of carbonyl (C=O) groups excluding carboxylic acids is 4. The molecule has 0 spiro atoms. The highest BCUT2D eigenvalue weighted by Gasteiger charge is 2.36. The second kappa shape index (κ2) is 14.1. The summed E-state index contributed by atoms with van der Waals surface area (Å²) in [5.74, 6) is -1.71. The Kier molecular flexibility index (Phi) is 11.3. The van der Waals surface area contributed by atoms with Gasteiger partial charge in [0.15, 0.2) is 0 Å². The van der Waals surface area contributed by atoms with Crippen LogP contribution in [0.2, 0.25) is 0 Å². The van der Waals surface area contributed by atoms with Gasteiger partial charge in [-0.25, -0.2) is 4.79 Å². The third-order valence-corrected chi connectivity index (χ3v) is 5.80. The van der Waals surface area contributed by atoms with Crippen LogP contribution < -0.4 is 10.6 Å². The van der Waals surface area contributed by atoms with Gasteiger partial charge in [0.2, 0.25) is 11.8 Å². The summed E-state index contributed by atoms with van der Waals surface area (Å²) in [6, 6.07) is 12.7. The number of rotatable bonds is 11. The van der Waals surface area contributed by atoms with Crippen molar-refractivity contribution in [3.05, 3.63) is 83.4 Å². The van der Waals surface area contributed by atoms with Gasteiger partial charge in [-0.05, 0) is 51.3 Å². The van der Waals surface area contributed by atoms with E-state index in [4.69, 9.17) is 4.74 Å². The van der Waals surface area contributed by atoms with E-state index in [-0.39, 0.29) is 19.5 Å². The molecule has 0 saturated carbocycles. The van der Waals surface area contributed by atoms with E-state index in [1.165, 1.54) is 18.1 Å². The highest BCUT2D eigenvalue weighted by Crippen LogP contribution is 2.27. The van der Waals surface area contributed by atoms with Gasteiger partial charge < -0.3 is 25.0 Å². The lowest BCUT2D eigenvalue weighted by atomic mass is 9.95. The van der Waals surface area contributed by atoms with Crippen molar-refractivity contribution in [1.29, 1.82) is 0 Å². The molecule has 9 heteroatoms. The Labute approximate surface area is 230 Å². The summed E-state index contributed by atoms with van der Waals surface area (Å²) in [4.78, 5) is 53.7.